The van der Waals surface area contributed by atoms with Crippen molar-refractivity contribution in [1.82, 2.24) is 0 Å². The standard InChI is InChI=1S/C16H11ClN2O4/c17-10-1-3-11(4-2-10)18-14(20)15(21)19-12-5-6-13-9(7-12)8-23-16(13)22/h1-7H,8H2,(H,18,20)(H,19,21). The highest BCUT2D eigenvalue weighted by atomic mass is 35.5. The minimum absolute atomic E-state index is 0.162. The van der Waals surface area contributed by atoms with E-state index in [4.69, 9.17) is 16.3 Å². The molecule has 116 valence electrons. The average molecular weight is 331 g/mol. The number of fused-ring (bicyclic) bond motifs is 1. The van der Waals surface area contributed by atoms with Gasteiger partial charge in [0.2, 0.25) is 0 Å². The van der Waals surface area contributed by atoms with Crippen molar-refractivity contribution in [2.45, 2.75) is 6.61 Å². The van der Waals surface area contributed by atoms with Gasteiger partial charge in [0.15, 0.2) is 0 Å². The largest absolute Gasteiger partial charge is 0.457 e. The van der Waals surface area contributed by atoms with Crippen molar-refractivity contribution >= 4 is 40.8 Å². The Kier molecular flexibility index (Phi) is 3.99. The number of amides is 2. The zero-order chi connectivity index (χ0) is 16.4. The van der Waals surface area contributed by atoms with Gasteiger partial charge in [-0.3, -0.25) is 9.59 Å². The van der Waals surface area contributed by atoms with Crippen LogP contribution < -0.4 is 10.6 Å². The van der Waals surface area contributed by atoms with Crippen LogP contribution in [0.25, 0.3) is 0 Å². The molecule has 0 saturated heterocycles. The number of nitrogens with one attached hydrogen (secondary N) is 2. The molecular weight excluding hydrogens is 320 g/mol. The topological polar surface area (TPSA) is 84.5 Å². The predicted octanol–water partition coefficient (Wildman–Crippen LogP) is 2.59. The second-order valence-electron chi connectivity index (χ2n) is 4.86. The highest BCUT2D eigenvalue weighted by Gasteiger charge is 2.22. The molecule has 6 nitrogen and oxygen atoms in total. The van der Waals surface area contributed by atoms with Gasteiger partial charge in [0, 0.05) is 22.0 Å². The smallest absolute Gasteiger partial charge is 0.338 e. The Balaban J connectivity index is 1.66. The Morgan fingerprint density at radius 3 is 2.26 bits per heavy atom. The molecule has 2 N–H and O–H groups in total. The van der Waals surface area contributed by atoms with Crippen LogP contribution in [0, 0.1) is 0 Å². The van der Waals surface area contributed by atoms with Crippen LogP contribution in [-0.2, 0) is 20.9 Å². The fourth-order valence-electron chi connectivity index (χ4n) is 2.12. The van der Waals surface area contributed by atoms with E-state index in [-0.39, 0.29) is 6.61 Å². The third-order valence-corrected chi connectivity index (χ3v) is 3.50. The lowest BCUT2D eigenvalue weighted by Gasteiger charge is -2.07. The van der Waals surface area contributed by atoms with E-state index in [0.717, 1.165) is 0 Å². The Morgan fingerprint density at radius 2 is 1.57 bits per heavy atom. The summed E-state index contributed by atoms with van der Waals surface area (Å²) in [4.78, 5) is 35.1. The number of cyclic esters (lactones) is 1. The summed E-state index contributed by atoms with van der Waals surface area (Å²) in [5, 5.41) is 5.46. The minimum Gasteiger partial charge on any atom is -0.457 e. The van der Waals surface area contributed by atoms with Crippen LogP contribution in [0.2, 0.25) is 5.02 Å². The molecule has 2 aromatic rings. The van der Waals surface area contributed by atoms with E-state index in [0.29, 0.717) is 27.5 Å². The number of halogens is 1. The predicted molar refractivity (Wildman–Crippen MR) is 84.3 cm³/mol. The number of rotatable bonds is 2. The van der Waals surface area contributed by atoms with Gasteiger partial charge in [-0.2, -0.15) is 0 Å². The van der Waals surface area contributed by atoms with Gasteiger partial charge in [0.05, 0.1) is 5.56 Å². The molecule has 1 aliphatic heterocycles. The molecule has 0 aromatic heterocycles. The van der Waals surface area contributed by atoms with Crippen molar-refractivity contribution in [2.75, 3.05) is 10.6 Å². The highest BCUT2D eigenvalue weighted by Crippen LogP contribution is 2.23. The van der Waals surface area contributed by atoms with Crippen LogP contribution in [0.15, 0.2) is 42.5 Å². The molecule has 0 bridgehead atoms. The van der Waals surface area contributed by atoms with E-state index in [1.807, 2.05) is 0 Å². The van der Waals surface area contributed by atoms with E-state index >= 15 is 0 Å². The van der Waals surface area contributed by atoms with Gasteiger partial charge in [-0.15, -0.1) is 0 Å². The molecule has 0 fully saturated rings. The average Bonchev–Trinajstić information content (AvgIpc) is 2.90. The van der Waals surface area contributed by atoms with Crippen molar-refractivity contribution in [2.24, 2.45) is 0 Å². The maximum absolute atomic E-state index is 11.9. The lowest BCUT2D eigenvalue weighted by atomic mass is 10.1. The Bertz CT molecular complexity index is 802. The number of hydrogen-bond donors (Lipinski definition) is 2. The summed E-state index contributed by atoms with van der Waals surface area (Å²) in [6.45, 7) is 0.162. The van der Waals surface area contributed by atoms with Crippen LogP contribution >= 0.6 is 11.6 Å². The molecule has 0 atom stereocenters. The molecule has 0 saturated carbocycles. The summed E-state index contributed by atoms with van der Waals surface area (Å²) >= 11 is 5.75. The third-order valence-electron chi connectivity index (χ3n) is 3.25. The quantitative estimate of drug-likeness (QED) is 0.654. The number of anilines is 2. The van der Waals surface area contributed by atoms with E-state index < -0.39 is 17.8 Å². The Labute approximate surface area is 136 Å². The van der Waals surface area contributed by atoms with Crippen molar-refractivity contribution in [3.05, 3.63) is 58.6 Å². The highest BCUT2D eigenvalue weighted by molar-refractivity contribution is 6.43. The van der Waals surface area contributed by atoms with E-state index in [1.165, 1.54) is 0 Å². The number of carbonyl (C=O) groups excluding carboxylic acids is 3. The molecule has 1 heterocycles. The van der Waals surface area contributed by atoms with Gasteiger partial charge in [-0.05, 0) is 42.5 Å². The summed E-state index contributed by atoms with van der Waals surface area (Å²) < 4.78 is 4.88. The van der Waals surface area contributed by atoms with Gasteiger partial charge >= 0.3 is 17.8 Å². The van der Waals surface area contributed by atoms with Crippen LogP contribution in [-0.4, -0.2) is 17.8 Å². The molecule has 2 amide bonds. The van der Waals surface area contributed by atoms with Gasteiger partial charge in [0.1, 0.15) is 6.61 Å². The SMILES string of the molecule is O=C(Nc1ccc(Cl)cc1)C(=O)Nc1ccc2c(c1)COC2=O. The van der Waals surface area contributed by atoms with Crippen molar-refractivity contribution in [3.63, 3.8) is 0 Å². The summed E-state index contributed by atoms with van der Waals surface area (Å²) in [5.74, 6) is -2.01. The van der Waals surface area contributed by atoms with E-state index in [9.17, 15) is 14.4 Å². The van der Waals surface area contributed by atoms with Crippen molar-refractivity contribution in [3.8, 4) is 0 Å². The zero-order valence-electron chi connectivity index (χ0n) is 11.8. The maximum atomic E-state index is 11.9. The molecule has 1 aliphatic rings. The summed E-state index contributed by atoms with van der Waals surface area (Å²) in [7, 11) is 0. The first-order valence-corrected chi connectivity index (χ1v) is 7.09. The van der Waals surface area contributed by atoms with E-state index in [2.05, 4.69) is 10.6 Å². The van der Waals surface area contributed by atoms with Gasteiger partial charge in [0.25, 0.3) is 0 Å². The normalized spacial score (nSPS) is 12.3. The fourth-order valence-corrected chi connectivity index (χ4v) is 2.25. The second kappa shape index (κ2) is 6.10. The number of benzene rings is 2. The first kappa shape index (κ1) is 15.1. The van der Waals surface area contributed by atoms with Crippen LogP contribution in [0.4, 0.5) is 11.4 Å². The van der Waals surface area contributed by atoms with Crippen LogP contribution in [0.3, 0.4) is 0 Å². The number of carbonyl (C=O) groups is 3. The molecule has 0 unspecified atom stereocenters. The van der Waals surface area contributed by atoms with Gasteiger partial charge < -0.3 is 15.4 Å². The Morgan fingerprint density at radius 1 is 0.957 bits per heavy atom. The van der Waals surface area contributed by atoms with Crippen LogP contribution in [0.5, 0.6) is 0 Å². The van der Waals surface area contributed by atoms with Crippen molar-refractivity contribution in [1.29, 1.82) is 0 Å². The lowest BCUT2D eigenvalue weighted by molar-refractivity contribution is -0.132. The second-order valence-corrected chi connectivity index (χ2v) is 5.30. The molecule has 7 heteroatoms. The molecule has 3 rings (SSSR count). The first-order valence-electron chi connectivity index (χ1n) is 6.71. The molecule has 2 aromatic carbocycles. The van der Waals surface area contributed by atoms with Gasteiger partial charge in [-0.1, -0.05) is 11.6 Å². The monoisotopic (exact) mass is 330 g/mol. The number of esters is 1. The maximum Gasteiger partial charge on any atom is 0.338 e. The summed E-state index contributed by atoms with van der Waals surface area (Å²) in [6, 6.07) is 11.1. The Hall–Kier alpha value is -2.86. The lowest BCUT2D eigenvalue weighted by Crippen LogP contribution is -2.29. The van der Waals surface area contributed by atoms with E-state index in [1.54, 1.807) is 42.5 Å². The summed E-state index contributed by atoms with van der Waals surface area (Å²) in [6.07, 6.45) is 0. The number of hydrogen-bond acceptors (Lipinski definition) is 4. The fraction of sp³-hybridized carbons (Fsp3) is 0.0625. The molecular formula is C16H11ClN2O4. The summed E-state index contributed by atoms with van der Waals surface area (Å²) in [5.41, 5.74) is 2.01. The first-order chi connectivity index (χ1) is 11.0. The molecule has 23 heavy (non-hydrogen) atoms. The van der Waals surface area contributed by atoms with Crippen LogP contribution in [0.1, 0.15) is 15.9 Å². The van der Waals surface area contributed by atoms with Crippen molar-refractivity contribution < 1.29 is 19.1 Å². The molecule has 0 radical (unpaired) electrons. The van der Waals surface area contributed by atoms with Gasteiger partial charge in [-0.25, -0.2) is 4.79 Å². The minimum atomic E-state index is -0.815. The number of ether oxygens (including phenoxy) is 1. The molecule has 0 spiro atoms. The molecule has 0 aliphatic carbocycles. The zero-order valence-corrected chi connectivity index (χ0v) is 12.5. The third kappa shape index (κ3) is 3.32.